The number of nitrogens with zero attached hydrogens (tertiary/aromatic N) is 3. The summed E-state index contributed by atoms with van der Waals surface area (Å²) in [5, 5.41) is 3.16. The van der Waals surface area contributed by atoms with Crippen LogP contribution in [0.1, 0.15) is 5.56 Å². The summed E-state index contributed by atoms with van der Waals surface area (Å²) < 4.78 is 0.993. The number of fused-ring (bicyclic) bond motifs is 1. The standard InChI is InChI=1S/C14H11BrN4/c15-11-5-1-3-10-4-2-6-12(19-14(10)11)18-13-9-16-7-8-17-13/h1-3,5-9H,4H2,(H,17,18,19). The number of nitrogens with one attached hydrogen (secondary N) is 1. The molecule has 94 valence electrons. The number of rotatable bonds is 1. The van der Waals surface area contributed by atoms with Crippen LogP contribution in [0.3, 0.4) is 0 Å². The van der Waals surface area contributed by atoms with Crippen LogP contribution in [0.4, 0.5) is 11.5 Å². The lowest BCUT2D eigenvalue weighted by molar-refractivity contribution is 1.20. The smallest absolute Gasteiger partial charge is 0.150 e. The average molecular weight is 315 g/mol. The lowest BCUT2D eigenvalue weighted by Gasteiger charge is -2.06. The maximum Gasteiger partial charge on any atom is 0.150 e. The second-order valence-electron chi connectivity index (χ2n) is 4.07. The molecule has 0 saturated carbocycles. The molecule has 1 aromatic heterocycles. The Morgan fingerprint density at radius 3 is 3.00 bits per heavy atom. The predicted octanol–water partition coefficient (Wildman–Crippen LogP) is 3.49. The fourth-order valence-electron chi connectivity index (χ4n) is 1.87. The zero-order valence-electron chi connectivity index (χ0n) is 10.0. The average Bonchev–Trinajstić information content (AvgIpc) is 2.63. The Morgan fingerprint density at radius 1 is 1.21 bits per heavy atom. The normalized spacial score (nSPS) is 13.4. The van der Waals surface area contributed by atoms with Gasteiger partial charge in [0.05, 0.1) is 11.9 Å². The number of aromatic nitrogens is 2. The number of hydrogen-bond acceptors (Lipinski definition) is 4. The quantitative estimate of drug-likeness (QED) is 0.876. The van der Waals surface area contributed by atoms with E-state index in [0.717, 1.165) is 22.4 Å². The van der Waals surface area contributed by atoms with Gasteiger partial charge in [0.15, 0.2) is 0 Å². The van der Waals surface area contributed by atoms with Crippen LogP contribution in [0.15, 0.2) is 58.4 Å². The van der Waals surface area contributed by atoms with Crippen molar-refractivity contribution in [2.24, 2.45) is 4.99 Å². The zero-order valence-corrected chi connectivity index (χ0v) is 11.6. The van der Waals surface area contributed by atoms with Crippen molar-refractivity contribution >= 4 is 33.3 Å². The highest BCUT2D eigenvalue weighted by molar-refractivity contribution is 9.10. The van der Waals surface area contributed by atoms with Crippen molar-refractivity contribution in [2.75, 3.05) is 5.32 Å². The molecule has 2 aromatic rings. The van der Waals surface area contributed by atoms with E-state index in [0.29, 0.717) is 5.82 Å². The molecule has 0 fully saturated rings. The van der Waals surface area contributed by atoms with E-state index in [1.165, 1.54) is 5.56 Å². The van der Waals surface area contributed by atoms with Gasteiger partial charge in [0.25, 0.3) is 0 Å². The first-order chi connectivity index (χ1) is 9.33. The second kappa shape index (κ2) is 5.32. The number of hydrogen-bond donors (Lipinski definition) is 1. The van der Waals surface area contributed by atoms with E-state index >= 15 is 0 Å². The summed E-state index contributed by atoms with van der Waals surface area (Å²) in [5.74, 6) is 1.44. The fraction of sp³-hybridized carbons (Fsp3) is 0.0714. The largest absolute Gasteiger partial charge is 0.324 e. The van der Waals surface area contributed by atoms with Crippen LogP contribution in [0.5, 0.6) is 0 Å². The first-order valence-corrected chi connectivity index (χ1v) is 6.68. The van der Waals surface area contributed by atoms with Crippen molar-refractivity contribution in [3.8, 4) is 0 Å². The van der Waals surface area contributed by atoms with Crippen LogP contribution < -0.4 is 5.32 Å². The van der Waals surface area contributed by atoms with Crippen LogP contribution in [0, 0.1) is 0 Å². The van der Waals surface area contributed by atoms with Crippen LogP contribution in [-0.2, 0) is 6.42 Å². The molecule has 1 aliphatic heterocycles. The van der Waals surface area contributed by atoms with Gasteiger partial charge in [-0.15, -0.1) is 0 Å². The zero-order chi connectivity index (χ0) is 13.1. The van der Waals surface area contributed by atoms with Crippen molar-refractivity contribution in [2.45, 2.75) is 6.42 Å². The highest BCUT2D eigenvalue weighted by Gasteiger charge is 2.09. The van der Waals surface area contributed by atoms with E-state index in [-0.39, 0.29) is 0 Å². The van der Waals surface area contributed by atoms with Gasteiger partial charge in [-0.3, -0.25) is 4.98 Å². The summed E-state index contributed by atoms with van der Waals surface area (Å²) in [4.78, 5) is 12.8. The van der Waals surface area contributed by atoms with Crippen LogP contribution in [0.25, 0.3) is 0 Å². The van der Waals surface area contributed by atoms with E-state index in [1.54, 1.807) is 18.6 Å². The minimum atomic E-state index is 0.682. The summed E-state index contributed by atoms with van der Waals surface area (Å²) in [6.07, 6.45) is 9.86. The van der Waals surface area contributed by atoms with Crippen molar-refractivity contribution in [1.29, 1.82) is 0 Å². The highest BCUT2D eigenvalue weighted by atomic mass is 79.9. The molecule has 19 heavy (non-hydrogen) atoms. The summed E-state index contributed by atoms with van der Waals surface area (Å²) in [6, 6.07) is 6.10. The number of para-hydroxylation sites is 1. The van der Waals surface area contributed by atoms with Gasteiger partial charge >= 0.3 is 0 Å². The Balaban J connectivity index is 1.96. The summed E-state index contributed by atoms with van der Waals surface area (Å²) >= 11 is 3.54. The first-order valence-electron chi connectivity index (χ1n) is 5.88. The summed E-state index contributed by atoms with van der Waals surface area (Å²) in [7, 11) is 0. The molecule has 1 aliphatic rings. The lowest BCUT2D eigenvalue weighted by Crippen LogP contribution is -2.09. The second-order valence-corrected chi connectivity index (χ2v) is 4.92. The number of halogens is 1. The van der Waals surface area contributed by atoms with Gasteiger partial charge in [0.2, 0.25) is 0 Å². The Kier molecular flexibility index (Phi) is 3.37. The minimum Gasteiger partial charge on any atom is -0.324 e. The molecule has 0 radical (unpaired) electrons. The minimum absolute atomic E-state index is 0.682. The molecule has 1 N–H and O–H groups in total. The van der Waals surface area contributed by atoms with E-state index in [9.17, 15) is 0 Å². The Morgan fingerprint density at radius 2 is 2.16 bits per heavy atom. The van der Waals surface area contributed by atoms with Crippen LogP contribution in [0.2, 0.25) is 0 Å². The number of allylic oxidation sites excluding steroid dienone is 1. The predicted molar refractivity (Wildman–Crippen MR) is 79.7 cm³/mol. The SMILES string of the molecule is Brc1cccc2c1N=C(Nc1cnccn1)C=CC2. The van der Waals surface area contributed by atoms with Gasteiger partial charge in [-0.1, -0.05) is 18.2 Å². The summed E-state index contributed by atoms with van der Waals surface area (Å²) in [5.41, 5.74) is 2.15. The third-order valence-corrected chi connectivity index (χ3v) is 3.38. The van der Waals surface area contributed by atoms with Gasteiger partial charge in [-0.25, -0.2) is 9.98 Å². The maximum absolute atomic E-state index is 4.64. The molecule has 0 saturated heterocycles. The van der Waals surface area contributed by atoms with Gasteiger partial charge in [0, 0.05) is 16.9 Å². The number of anilines is 1. The first kappa shape index (κ1) is 12.0. The monoisotopic (exact) mass is 314 g/mol. The van der Waals surface area contributed by atoms with Gasteiger partial charge in [0.1, 0.15) is 11.7 Å². The molecule has 0 bridgehead atoms. The Hall–Kier alpha value is -2.01. The molecule has 2 heterocycles. The van der Waals surface area contributed by atoms with Crippen molar-refractivity contribution in [1.82, 2.24) is 9.97 Å². The molecule has 0 amide bonds. The molecule has 4 nitrogen and oxygen atoms in total. The number of benzene rings is 1. The van der Waals surface area contributed by atoms with Gasteiger partial charge < -0.3 is 5.32 Å². The molecular formula is C14H11BrN4. The third kappa shape index (κ3) is 2.71. The molecular weight excluding hydrogens is 304 g/mol. The maximum atomic E-state index is 4.64. The van der Waals surface area contributed by atoms with E-state index in [2.05, 4.69) is 48.3 Å². The molecule has 0 spiro atoms. The third-order valence-electron chi connectivity index (χ3n) is 2.74. The molecule has 5 heteroatoms. The molecule has 1 aromatic carbocycles. The molecule has 0 atom stereocenters. The van der Waals surface area contributed by atoms with Crippen molar-refractivity contribution in [3.05, 3.63) is 59.0 Å². The Labute approximate surface area is 119 Å². The Bertz CT molecular complexity index is 650. The van der Waals surface area contributed by atoms with E-state index in [1.807, 2.05) is 18.2 Å². The van der Waals surface area contributed by atoms with Crippen LogP contribution in [-0.4, -0.2) is 15.8 Å². The fourth-order valence-corrected chi connectivity index (χ4v) is 2.37. The van der Waals surface area contributed by atoms with E-state index in [4.69, 9.17) is 0 Å². The molecule has 0 unspecified atom stereocenters. The summed E-state index contributed by atoms with van der Waals surface area (Å²) in [6.45, 7) is 0. The van der Waals surface area contributed by atoms with E-state index < -0.39 is 0 Å². The molecule has 3 rings (SSSR count). The van der Waals surface area contributed by atoms with Gasteiger partial charge in [-0.05, 0) is 40.1 Å². The lowest BCUT2D eigenvalue weighted by atomic mass is 10.1. The number of aliphatic imine (C=N–C) groups is 1. The van der Waals surface area contributed by atoms with Gasteiger partial charge in [-0.2, -0.15) is 0 Å². The molecule has 0 aliphatic carbocycles. The van der Waals surface area contributed by atoms with Crippen molar-refractivity contribution in [3.63, 3.8) is 0 Å². The highest BCUT2D eigenvalue weighted by Crippen LogP contribution is 2.31. The van der Waals surface area contributed by atoms with Crippen molar-refractivity contribution < 1.29 is 0 Å². The van der Waals surface area contributed by atoms with Crippen LogP contribution >= 0.6 is 15.9 Å². The topological polar surface area (TPSA) is 50.2 Å². The number of amidine groups is 1.